The number of carboxylic acid groups (broad SMARTS) is 2. The van der Waals surface area contributed by atoms with Crippen LogP contribution in [0.3, 0.4) is 0 Å². The van der Waals surface area contributed by atoms with Crippen molar-refractivity contribution in [1.82, 2.24) is 0 Å². The Hall–Kier alpha value is -2.01. The molecule has 1 atom stereocenters. The van der Waals surface area contributed by atoms with Crippen molar-refractivity contribution in [2.24, 2.45) is 5.92 Å². The molecule has 5 heteroatoms. The van der Waals surface area contributed by atoms with E-state index in [9.17, 15) is 9.59 Å². The van der Waals surface area contributed by atoms with E-state index in [1.807, 2.05) is 42.5 Å². The van der Waals surface area contributed by atoms with Crippen molar-refractivity contribution in [1.29, 1.82) is 0 Å². The molecule has 0 aliphatic carbocycles. The zero-order chi connectivity index (χ0) is 14.5. The van der Waals surface area contributed by atoms with Gasteiger partial charge in [-0.15, -0.1) is 11.8 Å². The Balaban J connectivity index is 2.07. The first-order valence-corrected chi connectivity index (χ1v) is 7.11. The van der Waals surface area contributed by atoms with Crippen molar-refractivity contribution >= 4 is 34.5 Å². The van der Waals surface area contributed by atoms with Gasteiger partial charge in [0.15, 0.2) is 0 Å². The molecular formula is C15H14O4S. The summed E-state index contributed by atoms with van der Waals surface area (Å²) < 4.78 is 0. The lowest BCUT2D eigenvalue weighted by Crippen LogP contribution is -2.20. The van der Waals surface area contributed by atoms with Gasteiger partial charge in [-0.25, -0.2) is 0 Å². The van der Waals surface area contributed by atoms with Crippen LogP contribution < -0.4 is 0 Å². The Bertz CT molecular complexity index is 639. The van der Waals surface area contributed by atoms with Gasteiger partial charge in [-0.2, -0.15) is 0 Å². The van der Waals surface area contributed by atoms with E-state index in [0.29, 0.717) is 0 Å². The molecule has 0 saturated carbocycles. The smallest absolute Gasteiger partial charge is 0.307 e. The highest BCUT2D eigenvalue weighted by molar-refractivity contribution is 7.99. The van der Waals surface area contributed by atoms with E-state index >= 15 is 0 Å². The highest BCUT2D eigenvalue weighted by Gasteiger charge is 2.21. The minimum Gasteiger partial charge on any atom is -0.481 e. The normalized spacial score (nSPS) is 12.2. The minimum atomic E-state index is -1.09. The second-order valence-electron chi connectivity index (χ2n) is 4.45. The number of fused-ring (bicyclic) bond motifs is 1. The molecule has 104 valence electrons. The maximum atomic E-state index is 11.0. The molecular weight excluding hydrogens is 276 g/mol. The number of carboxylic acids is 2. The van der Waals surface area contributed by atoms with E-state index in [1.165, 1.54) is 11.8 Å². The quantitative estimate of drug-likeness (QED) is 0.800. The van der Waals surface area contributed by atoms with Gasteiger partial charge in [-0.1, -0.05) is 30.3 Å². The Labute approximate surface area is 120 Å². The molecule has 20 heavy (non-hydrogen) atoms. The van der Waals surface area contributed by atoms with E-state index in [1.54, 1.807) is 0 Å². The van der Waals surface area contributed by atoms with Gasteiger partial charge in [0, 0.05) is 10.6 Å². The first-order chi connectivity index (χ1) is 9.56. The lowest BCUT2D eigenvalue weighted by Gasteiger charge is -2.09. The fraction of sp³-hybridized carbons (Fsp3) is 0.200. The van der Waals surface area contributed by atoms with Crippen molar-refractivity contribution in [3.8, 4) is 0 Å². The molecule has 0 unspecified atom stereocenters. The summed E-state index contributed by atoms with van der Waals surface area (Å²) in [6.07, 6.45) is -0.351. The van der Waals surface area contributed by atoms with Gasteiger partial charge in [0.1, 0.15) is 0 Å². The third-order valence-electron chi connectivity index (χ3n) is 2.94. The summed E-state index contributed by atoms with van der Waals surface area (Å²) >= 11 is 1.37. The third-order valence-corrected chi connectivity index (χ3v) is 4.10. The Morgan fingerprint density at radius 3 is 2.40 bits per heavy atom. The van der Waals surface area contributed by atoms with Gasteiger partial charge in [0.05, 0.1) is 12.3 Å². The summed E-state index contributed by atoms with van der Waals surface area (Å²) in [4.78, 5) is 22.6. The lowest BCUT2D eigenvalue weighted by atomic mass is 10.1. The molecule has 0 radical (unpaired) electrons. The molecule has 0 aromatic heterocycles. The van der Waals surface area contributed by atoms with Gasteiger partial charge >= 0.3 is 11.9 Å². The van der Waals surface area contributed by atoms with Gasteiger partial charge in [0.25, 0.3) is 0 Å². The maximum Gasteiger partial charge on any atom is 0.307 e. The maximum absolute atomic E-state index is 11.0. The average molecular weight is 290 g/mol. The van der Waals surface area contributed by atoms with Crippen LogP contribution in [0.4, 0.5) is 0 Å². The summed E-state index contributed by atoms with van der Waals surface area (Å²) in [6, 6.07) is 13.8. The van der Waals surface area contributed by atoms with Crippen LogP contribution in [0.5, 0.6) is 0 Å². The van der Waals surface area contributed by atoms with E-state index in [4.69, 9.17) is 10.2 Å². The second-order valence-corrected chi connectivity index (χ2v) is 5.55. The molecule has 4 nitrogen and oxygen atoms in total. The SMILES string of the molecule is O=C(O)C[C@H](CSc1ccc2ccccc2c1)C(=O)O. The molecule has 0 saturated heterocycles. The van der Waals surface area contributed by atoms with Crippen molar-refractivity contribution in [2.75, 3.05) is 5.75 Å². The van der Waals surface area contributed by atoms with Crippen LogP contribution in [0.1, 0.15) is 6.42 Å². The van der Waals surface area contributed by atoms with E-state index in [0.717, 1.165) is 15.7 Å². The molecule has 2 N–H and O–H groups in total. The zero-order valence-electron chi connectivity index (χ0n) is 10.7. The molecule has 0 fully saturated rings. The van der Waals surface area contributed by atoms with Crippen LogP contribution in [0, 0.1) is 5.92 Å². The highest BCUT2D eigenvalue weighted by Crippen LogP contribution is 2.26. The molecule has 0 aliphatic rings. The first kappa shape index (κ1) is 14.4. The van der Waals surface area contributed by atoms with Crippen LogP contribution in [-0.4, -0.2) is 27.9 Å². The molecule has 0 spiro atoms. The standard InChI is InChI=1S/C15H14O4S/c16-14(17)8-12(15(18)19)9-20-13-6-5-10-3-1-2-4-11(10)7-13/h1-7,12H,8-9H2,(H,16,17)(H,18,19)/t12-/m1/s1. The fourth-order valence-corrected chi connectivity index (χ4v) is 2.91. The molecule has 2 aromatic rings. The number of hydrogen-bond donors (Lipinski definition) is 2. The summed E-state index contributed by atoms with van der Waals surface area (Å²) in [5.74, 6) is -2.78. The van der Waals surface area contributed by atoms with Gasteiger partial charge in [0.2, 0.25) is 0 Å². The van der Waals surface area contributed by atoms with Gasteiger partial charge in [-0.05, 0) is 22.9 Å². The number of thioether (sulfide) groups is 1. The number of carbonyl (C=O) groups is 2. The predicted octanol–water partition coefficient (Wildman–Crippen LogP) is 3.11. The summed E-state index contributed by atoms with van der Waals surface area (Å²) in [5, 5.41) is 19.9. The van der Waals surface area contributed by atoms with Crippen LogP contribution in [0.2, 0.25) is 0 Å². The van der Waals surface area contributed by atoms with E-state index in [-0.39, 0.29) is 12.2 Å². The summed E-state index contributed by atoms with van der Waals surface area (Å²) in [5.41, 5.74) is 0. The van der Waals surface area contributed by atoms with E-state index in [2.05, 4.69) is 0 Å². The Morgan fingerprint density at radius 1 is 1.05 bits per heavy atom. The van der Waals surface area contributed by atoms with Crippen molar-refractivity contribution in [3.63, 3.8) is 0 Å². The second kappa shape index (κ2) is 6.43. The number of hydrogen-bond acceptors (Lipinski definition) is 3. The van der Waals surface area contributed by atoms with Gasteiger partial charge in [-0.3, -0.25) is 9.59 Å². The Morgan fingerprint density at radius 2 is 1.75 bits per heavy atom. The summed E-state index contributed by atoms with van der Waals surface area (Å²) in [7, 11) is 0. The monoisotopic (exact) mass is 290 g/mol. The van der Waals surface area contributed by atoms with Crippen LogP contribution >= 0.6 is 11.8 Å². The first-order valence-electron chi connectivity index (χ1n) is 6.12. The minimum absolute atomic E-state index is 0.250. The predicted molar refractivity (Wildman–Crippen MR) is 78.1 cm³/mol. The van der Waals surface area contributed by atoms with Crippen LogP contribution in [-0.2, 0) is 9.59 Å². The molecule has 0 heterocycles. The lowest BCUT2D eigenvalue weighted by molar-refractivity contribution is -0.147. The Kier molecular flexibility index (Phi) is 4.63. The van der Waals surface area contributed by atoms with E-state index < -0.39 is 17.9 Å². The topological polar surface area (TPSA) is 74.6 Å². The number of aliphatic carboxylic acids is 2. The van der Waals surface area contributed by atoms with Crippen molar-refractivity contribution in [3.05, 3.63) is 42.5 Å². The molecule has 0 aliphatic heterocycles. The molecule has 0 bridgehead atoms. The molecule has 2 rings (SSSR count). The molecule has 0 amide bonds. The zero-order valence-corrected chi connectivity index (χ0v) is 11.5. The average Bonchev–Trinajstić information content (AvgIpc) is 2.42. The number of rotatable bonds is 6. The van der Waals surface area contributed by atoms with Crippen molar-refractivity contribution < 1.29 is 19.8 Å². The third kappa shape index (κ3) is 3.74. The fourth-order valence-electron chi connectivity index (χ4n) is 1.88. The largest absolute Gasteiger partial charge is 0.481 e. The number of benzene rings is 2. The van der Waals surface area contributed by atoms with Crippen molar-refractivity contribution in [2.45, 2.75) is 11.3 Å². The molecule has 2 aromatic carbocycles. The van der Waals surface area contributed by atoms with Gasteiger partial charge < -0.3 is 10.2 Å². The highest BCUT2D eigenvalue weighted by atomic mass is 32.2. The summed E-state index contributed by atoms with van der Waals surface area (Å²) in [6.45, 7) is 0. The van der Waals surface area contributed by atoms with Crippen LogP contribution in [0.15, 0.2) is 47.4 Å². The van der Waals surface area contributed by atoms with Crippen LogP contribution in [0.25, 0.3) is 10.8 Å².